The van der Waals surface area contributed by atoms with Crippen LogP contribution in [0.15, 0.2) is 47.6 Å². The monoisotopic (exact) mass is 500 g/mol. The van der Waals surface area contributed by atoms with Gasteiger partial charge in [0.05, 0.1) is 23.4 Å². The number of ether oxygens (including phenoxy) is 1. The summed E-state index contributed by atoms with van der Waals surface area (Å²) in [4.78, 5) is 13.4. The lowest BCUT2D eigenvalue weighted by atomic mass is 9.91. The minimum absolute atomic E-state index is 0.143. The molecule has 1 saturated carbocycles. The van der Waals surface area contributed by atoms with Gasteiger partial charge in [-0.15, -0.1) is 0 Å². The molecule has 1 amide bonds. The molecule has 1 saturated heterocycles. The molecule has 0 aromatic heterocycles. The van der Waals surface area contributed by atoms with E-state index < -0.39 is 0 Å². The van der Waals surface area contributed by atoms with Gasteiger partial charge in [0.2, 0.25) is 0 Å². The van der Waals surface area contributed by atoms with Gasteiger partial charge in [0.25, 0.3) is 5.91 Å². The lowest BCUT2D eigenvalue weighted by Crippen LogP contribution is -2.45. The number of amides is 1. The summed E-state index contributed by atoms with van der Waals surface area (Å²) in [6.07, 6.45) is 3.83. The first-order valence-corrected chi connectivity index (χ1v) is 12.8. The van der Waals surface area contributed by atoms with Gasteiger partial charge in [-0.25, -0.2) is 5.01 Å². The van der Waals surface area contributed by atoms with Crippen LogP contribution in [0.3, 0.4) is 0 Å². The molecule has 5 rings (SSSR count). The number of rotatable bonds is 6. The summed E-state index contributed by atoms with van der Waals surface area (Å²) in [5, 5.41) is 9.80. The van der Waals surface area contributed by atoms with Gasteiger partial charge in [0.15, 0.2) is 0 Å². The predicted octanol–water partition coefficient (Wildman–Crippen LogP) is 5.71. The Balaban J connectivity index is 1.43. The van der Waals surface area contributed by atoms with Crippen molar-refractivity contribution in [2.24, 2.45) is 22.9 Å². The number of hydrogen-bond acceptors (Lipinski definition) is 5. The summed E-state index contributed by atoms with van der Waals surface area (Å²) < 4.78 is 5.61. The fourth-order valence-corrected chi connectivity index (χ4v) is 6.13. The molecule has 180 valence electrons. The number of fused-ring (bicyclic) bond motifs is 1. The van der Waals surface area contributed by atoms with Gasteiger partial charge in [-0.3, -0.25) is 15.2 Å². The highest BCUT2D eigenvalue weighted by Crippen LogP contribution is 2.43. The molecule has 0 bridgehead atoms. The van der Waals surface area contributed by atoms with Crippen LogP contribution in [0.5, 0.6) is 5.75 Å². The highest BCUT2D eigenvalue weighted by molar-refractivity contribution is 6.41. The number of hydrazone groups is 1. The molecule has 34 heavy (non-hydrogen) atoms. The number of carbonyl (C=O) groups excluding carboxylic acids is 1. The molecule has 0 radical (unpaired) electrons. The van der Waals surface area contributed by atoms with Gasteiger partial charge in [0, 0.05) is 24.0 Å². The zero-order valence-corrected chi connectivity index (χ0v) is 21.0. The number of carbonyl (C=O) groups is 1. The molecule has 2 fully saturated rings. The van der Waals surface area contributed by atoms with E-state index in [1.54, 1.807) is 12.1 Å². The van der Waals surface area contributed by atoms with Crippen molar-refractivity contribution in [1.29, 1.82) is 0 Å². The molecule has 6 nitrogen and oxygen atoms in total. The molecule has 2 aliphatic heterocycles. The summed E-state index contributed by atoms with van der Waals surface area (Å²) in [6, 6.07) is 13.1. The maximum absolute atomic E-state index is 13.4. The van der Waals surface area contributed by atoms with Crippen molar-refractivity contribution < 1.29 is 9.53 Å². The maximum Gasteiger partial charge on any atom is 0.282 e. The fraction of sp³-hybridized carbons (Fsp3) is 0.462. The van der Waals surface area contributed by atoms with Crippen molar-refractivity contribution in [3.63, 3.8) is 0 Å². The van der Waals surface area contributed by atoms with Gasteiger partial charge < -0.3 is 4.74 Å². The molecule has 2 aromatic rings. The van der Waals surface area contributed by atoms with E-state index in [1.165, 1.54) is 19.3 Å². The summed E-state index contributed by atoms with van der Waals surface area (Å²) >= 11 is 12.7. The van der Waals surface area contributed by atoms with Crippen molar-refractivity contribution in [3.05, 3.63) is 58.1 Å². The smallest absolute Gasteiger partial charge is 0.282 e. The molecule has 4 atom stereocenters. The Morgan fingerprint density at radius 1 is 1.12 bits per heavy atom. The number of benzene rings is 2. The average Bonchev–Trinajstić information content (AvgIpc) is 3.48. The quantitative estimate of drug-likeness (QED) is 0.551. The van der Waals surface area contributed by atoms with Gasteiger partial charge in [-0.1, -0.05) is 48.7 Å². The van der Waals surface area contributed by atoms with Gasteiger partial charge >= 0.3 is 0 Å². The van der Waals surface area contributed by atoms with Crippen molar-refractivity contribution in [1.82, 2.24) is 10.4 Å². The highest BCUT2D eigenvalue weighted by atomic mass is 35.5. The van der Waals surface area contributed by atoms with E-state index in [4.69, 9.17) is 33.0 Å². The Hall–Kier alpha value is -2.28. The predicted molar refractivity (Wildman–Crippen MR) is 136 cm³/mol. The lowest BCUT2D eigenvalue weighted by molar-refractivity contribution is -0.119. The number of nitrogens with one attached hydrogen (secondary N) is 1. The first-order valence-electron chi connectivity index (χ1n) is 12.1. The van der Waals surface area contributed by atoms with E-state index in [-0.39, 0.29) is 17.9 Å². The minimum Gasteiger partial charge on any atom is -0.494 e. The molecule has 1 N–H and O–H groups in total. The molecular weight excluding hydrogens is 471 g/mol. The lowest BCUT2D eigenvalue weighted by Gasteiger charge is -2.28. The number of hydrogen-bond donors (Lipinski definition) is 1. The van der Waals surface area contributed by atoms with Crippen LogP contribution in [0.4, 0.5) is 5.69 Å². The maximum atomic E-state index is 13.4. The van der Waals surface area contributed by atoms with E-state index in [0.29, 0.717) is 34.2 Å². The fourth-order valence-electron chi connectivity index (χ4n) is 5.64. The van der Waals surface area contributed by atoms with E-state index in [9.17, 15) is 4.79 Å². The third kappa shape index (κ3) is 4.51. The molecule has 2 aromatic carbocycles. The second kappa shape index (κ2) is 9.76. The highest BCUT2D eigenvalue weighted by Gasteiger charge is 2.42. The van der Waals surface area contributed by atoms with Crippen LogP contribution in [-0.4, -0.2) is 36.3 Å². The van der Waals surface area contributed by atoms with Gasteiger partial charge in [-0.05, 0) is 67.5 Å². The van der Waals surface area contributed by atoms with Crippen molar-refractivity contribution in [3.8, 4) is 5.75 Å². The van der Waals surface area contributed by atoms with Crippen LogP contribution in [0.2, 0.25) is 10.0 Å². The van der Waals surface area contributed by atoms with Crippen molar-refractivity contribution >= 4 is 40.5 Å². The molecule has 3 aliphatic rings. The summed E-state index contributed by atoms with van der Waals surface area (Å²) in [5.41, 5.74) is 5.39. The Labute approximate surface area is 210 Å². The Bertz CT molecular complexity index is 1080. The van der Waals surface area contributed by atoms with E-state index >= 15 is 0 Å². The summed E-state index contributed by atoms with van der Waals surface area (Å²) in [5.74, 6) is 1.92. The zero-order valence-electron chi connectivity index (χ0n) is 19.5. The van der Waals surface area contributed by atoms with Crippen LogP contribution < -0.4 is 15.2 Å². The van der Waals surface area contributed by atoms with Gasteiger partial charge in [0.1, 0.15) is 11.5 Å². The standard InChI is InChI=1S/C26H30Cl2N4O2/c1-3-34-21-10-7-17(8-11-21)25-16(2)24(29-32(25)23-12-9-20(27)13-22(23)28)26(33)30-31-14-18-5-4-6-19(18)15-31/h7-13,16,18-19,25H,3-6,14-15H2,1-2H3,(H,30,33). The molecule has 4 unspecified atom stereocenters. The molecule has 0 spiro atoms. The summed E-state index contributed by atoms with van der Waals surface area (Å²) in [7, 11) is 0. The molecule has 1 aliphatic carbocycles. The number of nitrogens with zero attached hydrogens (tertiary/aromatic N) is 3. The Morgan fingerprint density at radius 3 is 2.47 bits per heavy atom. The number of halogens is 2. The first-order chi connectivity index (χ1) is 16.4. The van der Waals surface area contributed by atoms with E-state index in [2.05, 4.69) is 10.4 Å². The molecule has 8 heteroatoms. The average molecular weight is 501 g/mol. The van der Waals surface area contributed by atoms with Crippen molar-refractivity contribution in [2.45, 2.75) is 39.2 Å². The third-order valence-corrected chi connectivity index (χ3v) is 7.83. The minimum atomic E-state index is -0.187. The van der Waals surface area contributed by atoms with E-state index in [1.807, 2.05) is 49.2 Å². The normalized spacial score (nSPS) is 26.5. The van der Waals surface area contributed by atoms with Crippen LogP contribution in [0.25, 0.3) is 0 Å². The van der Waals surface area contributed by atoms with Crippen LogP contribution in [-0.2, 0) is 4.79 Å². The molecular formula is C26H30Cl2N4O2. The SMILES string of the molecule is CCOc1ccc(C2C(C)C(C(=O)NN3CC4CCCC4C3)=NN2c2ccc(Cl)cc2Cl)cc1. The topological polar surface area (TPSA) is 57.2 Å². The van der Waals surface area contributed by atoms with Crippen LogP contribution >= 0.6 is 23.2 Å². The number of anilines is 1. The second-order valence-corrected chi connectivity index (χ2v) is 10.3. The summed E-state index contributed by atoms with van der Waals surface area (Å²) in [6.45, 7) is 6.46. The van der Waals surface area contributed by atoms with E-state index in [0.717, 1.165) is 30.1 Å². The largest absolute Gasteiger partial charge is 0.494 e. The number of hydrazine groups is 1. The van der Waals surface area contributed by atoms with Gasteiger partial charge in [-0.2, -0.15) is 5.10 Å². The second-order valence-electron chi connectivity index (χ2n) is 9.46. The Morgan fingerprint density at radius 2 is 1.82 bits per heavy atom. The van der Waals surface area contributed by atoms with Crippen LogP contribution in [0, 0.1) is 17.8 Å². The van der Waals surface area contributed by atoms with Crippen molar-refractivity contribution in [2.75, 3.05) is 24.7 Å². The van der Waals surface area contributed by atoms with Crippen LogP contribution in [0.1, 0.15) is 44.7 Å². The zero-order chi connectivity index (χ0) is 23.8. The first kappa shape index (κ1) is 23.5. The third-order valence-electron chi connectivity index (χ3n) is 7.29. The Kier molecular flexibility index (Phi) is 6.74. The molecule has 2 heterocycles.